The molecule has 0 bridgehead atoms. The van der Waals surface area contributed by atoms with Crippen molar-refractivity contribution in [1.29, 1.82) is 0 Å². The highest BCUT2D eigenvalue weighted by atomic mass is 32.2. The normalized spacial score (nSPS) is 16.9. The van der Waals surface area contributed by atoms with Gasteiger partial charge in [-0.25, -0.2) is 13.2 Å². The largest absolute Gasteiger partial charge is 0.507 e. The van der Waals surface area contributed by atoms with Crippen molar-refractivity contribution in [1.82, 2.24) is 0 Å². The van der Waals surface area contributed by atoms with Crippen molar-refractivity contribution in [2.45, 2.75) is 4.90 Å². The van der Waals surface area contributed by atoms with Gasteiger partial charge in [0.25, 0.3) is 0 Å². The minimum atomic E-state index is -3.97. The van der Waals surface area contributed by atoms with Crippen molar-refractivity contribution in [3.8, 4) is 5.75 Å². The monoisotopic (exact) mass is 226 g/mol. The molecule has 0 saturated heterocycles. The third kappa shape index (κ3) is 1.22. The van der Waals surface area contributed by atoms with Gasteiger partial charge >= 0.3 is 5.97 Å². The first kappa shape index (κ1) is 9.72. The van der Waals surface area contributed by atoms with Crippen LogP contribution in [0.2, 0.25) is 0 Å². The van der Waals surface area contributed by atoms with Crippen molar-refractivity contribution >= 4 is 21.9 Å². The molecule has 1 aliphatic rings. The zero-order chi connectivity index (χ0) is 11.2. The molecule has 5 nitrogen and oxygen atoms in total. The lowest BCUT2D eigenvalue weighted by Crippen LogP contribution is -2.09. The fourth-order valence-corrected chi connectivity index (χ4v) is 2.87. The molecule has 1 aliphatic heterocycles. The van der Waals surface area contributed by atoms with E-state index in [-0.39, 0.29) is 16.2 Å². The second-order valence-electron chi connectivity index (χ2n) is 3.01. The van der Waals surface area contributed by atoms with Crippen LogP contribution in [0.15, 0.2) is 28.0 Å². The molecular formula is C9H6O5S. The lowest BCUT2D eigenvalue weighted by atomic mass is 10.2. The molecular weight excluding hydrogens is 220 g/mol. The molecule has 1 aromatic carbocycles. The maximum absolute atomic E-state index is 11.6. The Kier molecular flexibility index (Phi) is 1.84. The van der Waals surface area contributed by atoms with E-state index in [1.807, 2.05) is 0 Å². The molecule has 15 heavy (non-hydrogen) atoms. The molecule has 78 valence electrons. The molecule has 0 aromatic heterocycles. The van der Waals surface area contributed by atoms with E-state index in [4.69, 9.17) is 5.11 Å². The van der Waals surface area contributed by atoms with Gasteiger partial charge in [0.05, 0.1) is 4.90 Å². The Morgan fingerprint density at radius 3 is 2.47 bits per heavy atom. The molecule has 0 aliphatic carbocycles. The van der Waals surface area contributed by atoms with Gasteiger partial charge in [0.1, 0.15) is 5.75 Å². The van der Waals surface area contributed by atoms with Crippen LogP contribution in [-0.4, -0.2) is 24.6 Å². The van der Waals surface area contributed by atoms with Gasteiger partial charge in [-0.05, 0) is 18.2 Å². The Hall–Kier alpha value is -1.82. The van der Waals surface area contributed by atoms with Crippen molar-refractivity contribution in [3.63, 3.8) is 0 Å². The van der Waals surface area contributed by atoms with Crippen LogP contribution in [0.25, 0.3) is 6.08 Å². The summed E-state index contributed by atoms with van der Waals surface area (Å²) in [5.41, 5.74) is 0.0369. The average molecular weight is 226 g/mol. The highest BCUT2D eigenvalue weighted by Crippen LogP contribution is 2.37. The van der Waals surface area contributed by atoms with Crippen LogP contribution in [0.3, 0.4) is 0 Å². The van der Waals surface area contributed by atoms with E-state index >= 15 is 0 Å². The number of aromatic hydroxyl groups is 1. The highest BCUT2D eigenvalue weighted by molar-refractivity contribution is 7.96. The van der Waals surface area contributed by atoms with Gasteiger partial charge in [-0.15, -0.1) is 0 Å². The zero-order valence-corrected chi connectivity index (χ0v) is 8.15. The molecule has 0 atom stereocenters. The molecule has 2 N–H and O–H groups in total. The molecule has 0 fully saturated rings. The Labute approximate surface area is 85.2 Å². The number of hydrogen-bond acceptors (Lipinski definition) is 4. The number of hydrogen-bond donors (Lipinski definition) is 2. The summed E-state index contributed by atoms with van der Waals surface area (Å²) >= 11 is 0. The summed E-state index contributed by atoms with van der Waals surface area (Å²) in [5.74, 6) is -1.77. The van der Waals surface area contributed by atoms with E-state index in [0.29, 0.717) is 0 Å². The zero-order valence-electron chi connectivity index (χ0n) is 7.34. The van der Waals surface area contributed by atoms with Crippen LogP contribution in [0.1, 0.15) is 5.56 Å². The van der Waals surface area contributed by atoms with E-state index in [9.17, 15) is 18.3 Å². The van der Waals surface area contributed by atoms with Gasteiger partial charge in [0, 0.05) is 5.56 Å². The molecule has 1 heterocycles. The topological polar surface area (TPSA) is 91.7 Å². The first-order chi connectivity index (χ1) is 6.94. The lowest BCUT2D eigenvalue weighted by molar-refractivity contribution is -0.131. The van der Waals surface area contributed by atoms with Gasteiger partial charge in [-0.1, -0.05) is 6.07 Å². The number of carbonyl (C=O) groups is 1. The predicted octanol–water partition coefficient (Wildman–Crippen LogP) is 0.605. The number of phenols is 1. The smallest absolute Gasteiger partial charge is 0.347 e. The lowest BCUT2D eigenvalue weighted by Gasteiger charge is -2.00. The summed E-state index contributed by atoms with van der Waals surface area (Å²) in [7, 11) is -3.97. The van der Waals surface area contributed by atoms with Crippen LogP contribution in [-0.2, 0) is 14.6 Å². The van der Waals surface area contributed by atoms with Gasteiger partial charge in [0.15, 0.2) is 4.91 Å². The van der Waals surface area contributed by atoms with E-state index in [0.717, 1.165) is 6.08 Å². The molecule has 1 aromatic rings. The standard InChI is InChI=1S/C9H6O5S/c10-6-2-1-3-7-5(6)4-8(9(11)12)15(7,13)14/h1-4,10H,(H,11,12). The molecule has 2 rings (SSSR count). The van der Waals surface area contributed by atoms with Gasteiger partial charge in [0.2, 0.25) is 9.84 Å². The highest BCUT2D eigenvalue weighted by Gasteiger charge is 2.35. The van der Waals surface area contributed by atoms with Gasteiger partial charge in [-0.3, -0.25) is 0 Å². The van der Waals surface area contributed by atoms with E-state index in [1.165, 1.54) is 18.2 Å². The Morgan fingerprint density at radius 2 is 1.93 bits per heavy atom. The molecule has 0 spiro atoms. The summed E-state index contributed by atoms with van der Waals surface area (Å²) in [6, 6.07) is 3.91. The summed E-state index contributed by atoms with van der Waals surface area (Å²) in [5, 5.41) is 18.0. The minimum absolute atomic E-state index is 0.0369. The number of carboxylic acid groups (broad SMARTS) is 1. The first-order valence-corrected chi connectivity index (χ1v) is 5.45. The van der Waals surface area contributed by atoms with Crippen molar-refractivity contribution in [2.24, 2.45) is 0 Å². The second kappa shape index (κ2) is 2.83. The predicted molar refractivity (Wildman–Crippen MR) is 50.9 cm³/mol. The molecule has 0 amide bonds. The fourth-order valence-electron chi connectivity index (χ4n) is 1.42. The summed E-state index contributed by atoms with van der Waals surface area (Å²) in [4.78, 5) is 9.79. The molecule has 0 saturated carbocycles. The van der Waals surface area contributed by atoms with E-state index in [2.05, 4.69) is 0 Å². The maximum Gasteiger partial charge on any atom is 0.347 e. The summed E-state index contributed by atoms with van der Waals surface area (Å²) < 4.78 is 23.2. The Morgan fingerprint density at radius 1 is 1.27 bits per heavy atom. The third-order valence-electron chi connectivity index (χ3n) is 2.11. The second-order valence-corrected chi connectivity index (χ2v) is 4.89. The quantitative estimate of drug-likeness (QED) is 0.731. The van der Waals surface area contributed by atoms with Gasteiger partial charge in [-0.2, -0.15) is 0 Å². The maximum atomic E-state index is 11.6. The van der Waals surface area contributed by atoms with Crippen LogP contribution in [0.4, 0.5) is 0 Å². The third-order valence-corrected chi connectivity index (χ3v) is 3.91. The van der Waals surface area contributed by atoms with Crippen LogP contribution in [0.5, 0.6) is 5.75 Å². The SMILES string of the molecule is O=C(O)C1=Cc2c(O)cccc2S1(=O)=O. The Balaban J connectivity index is 2.81. The van der Waals surface area contributed by atoms with Crippen molar-refractivity contribution in [2.75, 3.05) is 0 Å². The van der Waals surface area contributed by atoms with Gasteiger partial charge < -0.3 is 10.2 Å². The van der Waals surface area contributed by atoms with Crippen LogP contribution in [0, 0.1) is 0 Å². The number of benzene rings is 1. The number of carboxylic acids is 1. The summed E-state index contributed by atoms with van der Waals surface area (Å²) in [6.45, 7) is 0. The van der Waals surface area contributed by atoms with E-state index in [1.54, 1.807) is 0 Å². The number of sulfone groups is 1. The Bertz CT molecular complexity index is 583. The molecule has 0 unspecified atom stereocenters. The summed E-state index contributed by atoms with van der Waals surface area (Å²) in [6.07, 6.45) is 0.961. The number of fused-ring (bicyclic) bond motifs is 1. The first-order valence-electron chi connectivity index (χ1n) is 3.96. The van der Waals surface area contributed by atoms with E-state index < -0.39 is 20.7 Å². The van der Waals surface area contributed by atoms with Crippen molar-refractivity contribution in [3.05, 3.63) is 28.7 Å². The molecule has 6 heteroatoms. The van der Waals surface area contributed by atoms with Crippen molar-refractivity contribution < 1.29 is 23.4 Å². The average Bonchev–Trinajstić information content (AvgIpc) is 2.40. The minimum Gasteiger partial charge on any atom is -0.507 e. The molecule has 0 radical (unpaired) electrons. The number of phenolic OH excluding ortho intramolecular Hbond substituents is 1. The number of aliphatic carboxylic acids is 1. The number of rotatable bonds is 1. The van der Waals surface area contributed by atoms with Crippen LogP contribution < -0.4 is 0 Å². The van der Waals surface area contributed by atoms with Crippen LogP contribution >= 0.6 is 0 Å². The fraction of sp³-hybridized carbons (Fsp3) is 0.